The number of nitrogens with zero attached hydrogens (tertiary/aromatic N) is 2. The van der Waals surface area contributed by atoms with Gasteiger partial charge in [-0.2, -0.15) is 0 Å². The maximum Gasteiger partial charge on any atom is 0.270 e. The Labute approximate surface area is 181 Å². The van der Waals surface area contributed by atoms with Crippen LogP contribution in [0.2, 0.25) is 0 Å². The van der Waals surface area contributed by atoms with Gasteiger partial charge >= 0.3 is 0 Å². The molecule has 0 fully saturated rings. The minimum atomic E-state index is -0.678. The van der Waals surface area contributed by atoms with Crippen molar-refractivity contribution in [1.82, 2.24) is 0 Å². The molecule has 8 heteroatoms. The van der Waals surface area contributed by atoms with Gasteiger partial charge in [0.2, 0.25) is 5.91 Å². The molecule has 0 saturated carbocycles. The van der Waals surface area contributed by atoms with Crippen molar-refractivity contribution >= 4 is 28.9 Å². The lowest BCUT2D eigenvalue weighted by Gasteiger charge is -2.28. The molecule has 1 aliphatic rings. The maximum atomic E-state index is 13.2. The van der Waals surface area contributed by atoms with Crippen molar-refractivity contribution in [1.29, 1.82) is 0 Å². The zero-order valence-electron chi connectivity index (χ0n) is 18.2. The van der Waals surface area contributed by atoms with Gasteiger partial charge in [0.05, 0.1) is 16.0 Å². The molecule has 0 atom stereocenters. The molecule has 3 rings (SSSR count). The zero-order valence-corrected chi connectivity index (χ0v) is 18.2. The molecule has 2 aromatic carbocycles. The minimum absolute atomic E-state index is 0.0333. The number of benzene rings is 2. The normalized spacial score (nSPS) is 15.1. The predicted octanol–water partition coefficient (Wildman–Crippen LogP) is 4.64. The van der Waals surface area contributed by atoms with Crippen LogP contribution in [0.15, 0.2) is 42.5 Å². The van der Waals surface area contributed by atoms with Gasteiger partial charge in [-0.1, -0.05) is 19.9 Å². The van der Waals surface area contributed by atoms with Crippen molar-refractivity contribution in [3.8, 4) is 5.75 Å². The average Bonchev–Trinajstić information content (AvgIpc) is 2.81. The summed E-state index contributed by atoms with van der Waals surface area (Å²) in [7, 11) is 0. The van der Waals surface area contributed by atoms with Gasteiger partial charge in [-0.15, -0.1) is 0 Å². The second kappa shape index (κ2) is 8.75. The summed E-state index contributed by atoms with van der Waals surface area (Å²) in [6.07, 6.45) is 0.825. The molecule has 0 saturated heterocycles. The van der Waals surface area contributed by atoms with Crippen LogP contribution in [0.3, 0.4) is 0 Å². The zero-order chi connectivity index (χ0) is 22.8. The van der Waals surface area contributed by atoms with Gasteiger partial charge in [-0.05, 0) is 50.5 Å². The van der Waals surface area contributed by atoms with E-state index >= 15 is 0 Å². The van der Waals surface area contributed by atoms with Gasteiger partial charge in [0, 0.05) is 29.9 Å². The molecule has 8 nitrogen and oxygen atoms in total. The molecule has 31 heavy (non-hydrogen) atoms. The van der Waals surface area contributed by atoms with Gasteiger partial charge in [0.15, 0.2) is 0 Å². The van der Waals surface area contributed by atoms with Crippen LogP contribution < -0.4 is 15.0 Å². The summed E-state index contributed by atoms with van der Waals surface area (Å²) in [5.41, 5.74) is 0.418. The number of nitrogens with one attached hydrogen (secondary N) is 1. The van der Waals surface area contributed by atoms with Gasteiger partial charge in [0.1, 0.15) is 12.4 Å². The van der Waals surface area contributed by atoms with Crippen LogP contribution in [0, 0.1) is 21.4 Å². The number of hydrogen-bond donors (Lipinski definition) is 1. The molecule has 0 bridgehead atoms. The number of fused-ring (bicyclic) bond motifs is 1. The molecular formula is C23H27N3O5. The van der Waals surface area contributed by atoms with Gasteiger partial charge in [-0.25, -0.2) is 0 Å². The fourth-order valence-corrected chi connectivity index (χ4v) is 3.30. The Morgan fingerprint density at radius 3 is 2.68 bits per heavy atom. The highest BCUT2D eigenvalue weighted by molar-refractivity contribution is 6.05. The fourth-order valence-electron chi connectivity index (χ4n) is 3.30. The monoisotopic (exact) mass is 425 g/mol. The lowest BCUT2D eigenvalue weighted by Crippen LogP contribution is -2.42. The first-order valence-electron chi connectivity index (χ1n) is 10.2. The molecule has 164 valence electrons. The highest BCUT2D eigenvalue weighted by atomic mass is 16.6. The Morgan fingerprint density at radius 2 is 2.00 bits per heavy atom. The smallest absolute Gasteiger partial charge is 0.270 e. The van der Waals surface area contributed by atoms with E-state index < -0.39 is 16.2 Å². The van der Waals surface area contributed by atoms with E-state index in [1.807, 2.05) is 13.8 Å². The van der Waals surface area contributed by atoms with Crippen molar-refractivity contribution in [3.63, 3.8) is 0 Å². The Kier molecular flexibility index (Phi) is 6.29. The van der Waals surface area contributed by atoms with E-state index in [1.54, 1.807) is 23.1 Å². The second-order valence-corrected chi connectivity index (χ2v) is 8.76. The van der Waals surface area contributed by atoms with Gasteiger partial charge in [0.25, 0.3) is 11.6 Å². The summed E-state index contributed by atoms with van der Waals surface area (Å²) in [6, 6.07) is 10.7. The van der Waals surface area contributed by atoms with Crippen LogP contribution in [-0.2, 0) is 4.79 Å². The summed E-state index contributed by atoms with van der Waals surface area (Å²) in [5, 5.41) is 13.7. The second-order valence-electron chi connectivity index (χ2n) is 8.76. The first-order valence-corrected chi connectivity index (χ1v) is 10.2. The first-order chi connectivity index (χ1) is 14.6. The van der Waals surface area contributed by atoms with Crippen molar-refractivity contribution in [2.24, 2.45) is 11.3 Å². The fraction of sp³-hybridized carbons (Fsp3) is 0.391. The summed E-state index contributed by atoms with van der Waals surface area (Å²) < 4.78 is 5.91. The lowest BCUT2D eigenvalue weighted by molar-refractivity contribution is -0.384. The molecule has 0 unspecified atom stereocenters. The number of nitro groups is 1. The third-order valence-electron chi connectivity index (χ3n) is 5.17. The third kappa shape index (κ3) is 5.02. The Bertz CT molecular complexity index is 1020. The molecule has 2 amide bonds. The Hall–Kier alpha value is -3.42. The standard InChI is InChI=1S/C23H27N3O5/c1-15(2)10-11-25-19-13-17(8-9-20(19)31-14-23(3,4)22(25)28)24-21(27)16-6-5-7-18(12-16)26(29)30/h5-9,12-13,15H,10-11,14H2,1-4H3,(H,24,27). The van der Waals surface area contributed by atoms with E-state index in [0.717, 1.165) is 6.42 Å². The summed E-state index contributed by atoms with van der Waals surface area (Å²) in [5.74, 6) is 0.490. The third-order valence-corrected chi connectivity index (χ3v) is 5.17. The highest BCUT2D eigenvalue weighted by Gasteiger charge is 2.37. The molecule has 0 aromatic heterocycles. The van der Waals surface area contributed by atoms with Crippen LogP contribution in [0.25, 0.3) is 0 Å². The van der Waals surface area contributed by atoms with Crippen molar-refractivity contribution in [3.05, 3.63) is 58.1 Å². The van der Waals surface area contributed by atoms with Crippen LogP contribution in [0.5, 0.6) is 5.75 Å². The molecule has 0 aliphatic carbocycles. The van der Waals surface area contributed by atoms with Crippen molar-refractivity contribution in [2.45, 2.75) is 34.1 Å². The topological polar surface area (TPSA) is 102 Å². The molecule has 1 aliphatic heterocycles. The number of non-ortho nitro benzene ring substituents is 1. The van der Waals surface area contributed by atoms with Crippen molar-refractivity contribution < 1.29 is 19.2 Å². The number of ether oxygens (including phenoxy) is 1. The van der Waals surface area contributed by atoms with Gasteiger partial charge < -0.3 is 15.0 Å². The number of anilines is 2. The van der Waals surface area contributed by atoms with E-state index in [-0.39, 0.29) is 23.8 Å². The Balaban J connectivity index is 1.91. The van der Waals surface area contributed by atoms with Crippen LogP contribution in [-0.4, -0.2) is 29.9 Å². The van der Waals surface area contributed by atoms with Crippen LogP contribution in [0.4, 0.5) is 17.1 Å². The van der Waals surface area contributed by atoms with Crippen LogP contribution >= 0.6 is 0 Å². The summed E-state index contributed by atoms with van der Waals surface area (Å²) in [6.45, 7) is 8.71. The van der Waals surface area contributed by atoms with E-state index in [2.05, 4.69) is 19.2 Å². The maximum absolute atomic E-state index is 13.2. The van der Waals surface area contributed by atoms with E-state index in [1.165, 1.54) is 24.3 Å². The molecule has 1 N–H and O–H groups in total. The minimum Gasteiger partial charge on any atom is -0.490 e. The highest BCUT2D eigenvalue weighted by Crippen LogP contribution is 2.38. The number of amides is 2. The summed E-state index contributed by atoms with van der Waals surface area (Å²) in [4.78, 5) is 38.0. The molecule has 0 spiro atoms. The number of nitro benzene ring substituents is 1. The van der Waals surface area contributed by atoms with Crippen molar-refractivity contribution in [2.75, 3.05) is 23.4 Å². The number of rotatable bonds is 6. The first kappa shape index (κ1) is 22.3. The Morgan fingerprint density at radius 1 is 1.26 bits per heavy atom. The quantitative estimate of drug-likeness (QED) is 0.536. The van der Waals surface area contributed by atoms with Gasteiger partial charge in [-0.3, -0.25) is 19.7 Å². The molecule has 0 radical (unpaired) electrons. The van der Waals surface area contributed by atoms with Crippen LogP contribution in [0.1, 0.15) is 44.5 Å². The lowest BCUT2D eigenvalue weighted by atomic mass is 9.92. The summed E-state index contributed by atoms with van der Waals surface area (Å²) >= 11 is 0. The van der Waals surface area contributed by atoms with E-state index in [0.29, 0.717) is 29.6 Å². The number of carbonyl (C=O) groups excluding carboxylic acids is 2. The largest absolute Gasteiger partial charge is 0.490 e. The predicted molar refractivity (Wildman–Crippen MR) is 119 cm³/mol. The molecule has 1 heterocycles. The number of carbonyl (C=O) groups is 2. The molecular weight excluding hydrogens is 398 g/mol. The number of hydrogen-bond acceptors (Lipinski definition) is 5. The molecule has 2 aromatic rings. The average molecular weight is 425 g/mol. The van der Waals surface area contributed by atoms with E-state index in [4.69, 9.17) is 4.74 Å². The van der Waals surface area contributed by atoms with E-state index in [9.17, 15) is 19.7 Å². The SMILES string of the molecule is CC(C)CCN1C(=O)C(C)(C)COc2ccc(NC(=O)c3cccc([N+](=O)[O-])c3)cc21.